The minimum atomic E-state index is -8.13. The first-order valence-electron chi connectivity index (χ1n) is 5.42. The van der Waals surface area contributed by atoms with Crippen molar-refractivity contribution in [1.82, 2.24) is 0 Å². The number of ether oxygens (including phenoxy) is 1. The van der Waals surface area contributed by atoms with E-state index in [0.717, 1.165) is 0 Å². The zero-order valence-electron chi connectivity index (χ0n) is 11.4. The molecule has 0 saturated carbocycles. The van der Waals surface area contributed by atoms with Gasteiger partial charge in [0.05, 0.1) is 0 Å². The predicted octanol–water partition coefficient (Wildman–Crippen LogP) is 4.80. The van der Waals surface area contributed by atoms with Gasteiger partial charge in [0.1, 0.15) is 0 Å². The van der Waals surface area contributed by atoms with E-state index in [2.05, 4.69) is 11.3 Å². The maximum atomic E-state index is 13.1. The first kappa shape index (κ1) is 23.3. The third-order valence-electron chi connectivity index (χ3n) is 2.54. The van der Waals surface area contributed by atoms with Crippen LogP contribution in [0.1, 0.15) is 6.92 Å². The molecular weight excluding hydrogens is 399 g/mol. The Balaban J connectivity index is 6.43. The molecule has 0 aliphatic heterocycles. The van der Waals surface area contributed by atoms with E-state index >= 15 is 0 Å². The first-order chi connectivity index (χ1) is 10.6. The molecule has 0 N–H and O–H groups in total. The number of carbonyl (C=O) groups is 1. The van der Waals surface area contributed by atoms with E-state index in [1.165, 1.54) is 0 Å². The Labute approximate surface area is 129 Å². The Bertz CT molecular complexity index is 528. The largest absolute Gasteiger partial charge is 0.473 e. The highest BCUT2D eigenvalue weighted by Crippen LogP contribution is 2.62. The maximum Gasteiger partial charge on any atom is 0.473 e. The second-order valence-electron chi connectivity index (χ2n) is 4.49. The lowest BCUT2D eigenvalue weighted by Gasteiger charge is -2.40. The molecular formula is C10H5F13O2. The van der Waals surface area contributed by atoms with Gasteiger partial charge >= 0.3 is 41.9 Å². The highest BCUT2D eigenvalue weighted by molar-refractivity contribution is 5.87. The molecule has 0 aromatic carbocycles. The quantitative estimate of drug-likeness (QED) is 0.374. The first-order valence-corrected chi connectivity index (χ1v) is 5.42. The van der Waals surface area contributed by atoms with Crippen molar-refractivity contribution in [3.8, 4) is 0 Å². The lowest BCUT2D eigenvalue weighted by molar-refractivity contribution is -0.464. The fourth-order valence-corrected chi connectivity index (χ4v) is 1.18. The molecule has 25 heavy (non-hydrogen) atoms. The summed E-state index contributed by atoms with van der Waals surface area (Å²) in [6, 6.07) is 0. The summed E-state index contributed by atoms with van der Waals surface area (Å²) in [4.78, 5) is 10.7. The molecule has 0 spiro atoms. The van der Waals surface area contributed by atoms with Crippen LogP contribution in [-0.4, -0.2) is 41.9 Å². The second-order valence-corrected chi connectivity index (χ2v) is 4.49. The SMILES string of the molecule is C=C(C)C(=O)OC(F)(F)C(F)(F)C(F)(F)C(F)(C(F)(F)F)C(F)(F)F. The molecule has 0 rings (SSSR count). The smallest absolute Gasteiger partial charge is 0.393 e. The van der Waals surface area contributed by atoms with Crippen molar-refractivity contribution in [1.29, 1.82) is 0 Å². The zero-order chi connectivity index (χ0) is 20.9. The van der Waals surface area contributed by atoms with E-state index < -0.39 is 47.5 Å². The topological polar surface area (TPSA) is 26.3 Å². The number of rotatable bonds is 5. The van der Waals surface area contributed by atoms with Gasteiger partial charge in [-0.1, -0.05) is 6.58 Å². The third kappa shape index (κ3) is 3.36. The van der Waals surface area contributed by atoms with Crippen LogP contribution in [-0.2, 0) is 9.53 Å². The Hall–Kier alpha value is -1.70. The minimum Gasteiger partial charge on any atom is -0.393 e. The summed E-state index contributed by atoms with van der Waals surface area (Å²) < 4.78 is 167. The highest BCUT2D eigenvalue weighted by Gasteiger charge is 2.94. The Morgan fingerprint density at radius 1 is 0.720 bits per heavy atom. The monoisotopic (exact) mass is 404 g/mol. The van der Waals surface area contributed by atoms with E-state index in [-0.39, 0.29) is 0 Å². The fraction of sp³-hybridized carbons (Fsp3) is 0.700. The lowest BCUT2D eigenvalue weighted by Crippen LogP contribution is -2.73. The van der Waals surface area contributed by atoms with Crippen molar-refractivity contribution in [2.75, 3.05) is 0 Å². The molecule has 0 atom stereocenters. The highest BCUT2D eigenvalue weighted by atomic mass is 19.4. The van der Waals surface area contributed by atoms with Crippen LogP contribution in [0.3, 0.4) is 0 Å². The minimum absolute atomic E-state index is 0.500. The number of esters is 1. The number of alkyl halides is 13. The summed E-state index contributed by atoms with van der Waals surface area (Å²) in [5.41, 5.74) is -9.24. The molecule has 0 aliphatic rings. The van der Waals surface area contributed by atoms with Crippen molar-refractivity contribution >= 4 is 5.97 Å². The van der Waals surface area contributed by atoms with Gasteiger partial charge in [-0.3, -0.25) is 0 Å². The van der Waals surface area contributed by atoms with Gasteiger partial charge in [0.2, 0.25) is 0 Å². The van der Waals surface area contributed by atoms with Crippen LogP contribution in [0.5, 0.6) is 0 Å². The van der Waals surface area contributed by atoms with Crippen LogP contribution < -0.4 is 0 Å². The molecule has 0 saturated heterocycles. The molecule has 15 heteroatoms. The molecule has 0 aliphatic carbocycles. The van der Waals surface area contributed by atoms with Gasteiger partial charge in [-0.15, -0.1) is 0 Å². The molecule has 0 amide bonds. The lowest BCUT2D eigenvalue weighted by atomic mass is 9.90. The normalized spacial score (nSPS) is 15.1. The summed E-state index contributed by atoms with van der Waals surface area (Å²) in [6.07, 6.45) is -22.5. The van der Waals surface area contributed by atoms with Crippen LogP contribution in [0.2, 0.25) is 0 Å². The summed E-state index contributed by atoms with van der Waals surface area (Å²) in [5, 5.41) is 0. The van der Waals surface area contributed by atoms with Crippen LogP contribution in [0.15, 0.2) is 12.2 Å². The number of hydrogen-bond donors (Lipinski definition) is 0. The molecule has 0 aromatic heterocycles. The average Bonchev–Trinajstić information content (AvgIpc) is 2.33. The third-order valence-corrected chi connectivity index (χ3v) is 2.54. The van der Waals surface area contributed by atoms with Crippen LogP contribution in [0, 0.1) is 0 Å². The van der Waals surface area contributed by atoms with Crippen molar-refractivity contribution in [3.05, 3.63) is 12.2 Å². The summed E-state index contributed by atoms with van der Waals surface area (Å²) in [5.74, 6) is -18.5. The number of carbonyl (C=O) groups excluding carboxylic acids is 1. The number of hydrogen-bond acceptors (Lipinski definition) is 2. The van der Waals surface area contributed by atoms with Crippen molar-refractivity contribution in [2.24, 2.45) is 0 Å². The van der Waals surface area contributed by atoms with Gasteiger partial charge in [0.15, 0.2) is 0 Å². The molecule has 0 heterocycles. The van der Waals surface area contributed by atoms with E-state index in [4.69, 9.17) is 0 Å². The molecule has 0 unspecified atom stereocenters. The van der Waals surface area contributed by atoms with Gasteiger partial charge < -0.3 is 4.74 Å². The zero-order valence-corrected chi connectivity index (χ0v) is 11.4. The fourth-order valence-electron chi connectivity index (χ4n) is 1.18. The van der Waals surface area contributed by atoms with Gasteiger partial charge in [0.25, 0.3) is 0 Å². The molecule has 0 fully saturated rings. The summed E-state index contributed by atoms with van der Waals surface area (Å²) in [7, 11) is 0. The number of halogens is 13. The van der Waals surface area contributed by atoms with Gasteiger partial charge in [0, 0.05) is 5.57 Å². The predicted molar refractivity (Wildman–Crippen MR) is 51.7 cm³/mol. The molecule has 148 valence electrons. The van der Waals surface area contributed by atoms with Crippen molar-refractivity contribution in [3.63, 3.8) is 0 Å². The summed E-state index contributed by atoms with van der Waals surface area (Å²) in [6.45, 7) is 3.04. The van der Waals surface area contributed by atoms with Crippen LogP contribution >= 0.6 is 0 Å². The molecule has 0 aromatic rings. The van der Waals surface area contributed by atoms with E-state index in [9.17, 15) is 61.9 Å². The Morgan fingerprint density at radius 3 is 1.28 bits per heavy atom. The average molecular weight is 404 g/mol. The maximum absolute atomic E-state index is 13.1. The summed E-state index contributed by atoms with van der Waals surface area (Å²) >= 11 is 0. The molecule has 0 radical (unpaired) electrons. The standard InChI is InChI=1S/C10H5F13O2/c1-3(2)4(24)25-10(22,23)7(14,15)6(12,13)5(11,8(16,17)18)9(19,20)21/h1H2,2H3. The Morgan fingerprint density at radius 2 is 1.04 bits per heavy atom. The van der Waals surface area contributed by atoms with E-state index in [1.807, 2.05) is 0 Å². The van der Waals surface area contributed by atoms with E-state index in [1.54, 1.807) is 0 Å². The van der Waals surface area contributed by atoms with Crippen molar-refractivity contribution < 1.29 is 66.6 Å². The molecule has 2 nitrogen and oxygen atoms in total. The van der Waals surface area contributed by atoms with Crippen LogP contribution in [0.25, 0.3) is 0 Å². The second kappa shape index (κ2) is 5.93. The van der Waals surface area contributed by atoms with E-state index in [0.29, 0.717) is 6.92 Å². The van der Waals surface area contributed by atoms with Gasteiger partial charge in [-0.25, -0.2) is 9.18 Å². The molecule has 0 bridgehead atoms. The Kier molecular flexibility index (Phi) is 5.53. The van der Waals surface area contributed by atoms with Gasteiger partial charge in [-0.05, 0) is 6.92 Å². The van der Waals surface area contributed by atoms with Crippen LogP contribution in [0.4, 0.5) is 57.1 Å². The van der Waals surface area contributed by atoms with Crippen molar-refractivity contribution in [2.45, 2.75) is 42.9 Å². The van der Waals surface area contributed by atoms with Gasteiger partial charge in [-0.2, -0.15) is 52.7 Å².